The number of rotatable bonds is 4. The average Bonchev–Trinajstić information content (AvgIpc) is 3.04. The van der Waals surface area contributed by atoms with Gasteiger partial charge in [0.15, 0.2) is 0 Å². The van der Waals surface area contributed by atoms with E-state index >= 15 is 0 Å². The van der Waals surface area contributed by atoms with E-state index in [2.05, 4.69) is 11.0 Å². The standard InChI is InChI=1S/C20H20N2O3/c23-22(24)20-19(15-8-3-1-4-9-15)18-16(10-7-11-17(18)25-20)14-21-12-5-2-6-13-21/h1,3-4,7-11H,2,5-6,12-14H2. The summed E-state index contributed by atoms with van der Waals surface area (Å²) in [7, 11) is 0. The van der Waals surface area contributed by atoms with E-state index in [1.165, 1.54) is 19.3 Å². The van der Waals surface area contributed by atoms with Crippen LogP contribution in [0.25, 0.3) is 22.1 Å². The van der Waals surface area contributed by atoms with Crippen molar-refractivity contribution in [1.82, 2.24) is 4.90 Å². The number of hydrogen-bond acceptors (Lipinski definition) is 4. The largest absolute Gasteiger partial charge is 0.442 e. The van der Waals surface area contributed by atoms with Gasteiger partial charge in [0.25, 0.3) is 0 Å². The number of nitro groups is 1. The molecule has 0 bridgehead atoms. The van der Waals surface area contributed by atoms with Crippen LogP contribution in [0.4, 0.5) is 5.88 Å². The van der Waals surface area contributed by atoms with Gasteiger partial charge in [-0.3, -0.25) is 15.0 Å². The van der Waals surface area contributed by atoms with Crippen molar-refractivity contribution in [3.63, 3.8) is 0 Å². The number of furan rings is 1. The number of likely N-dealkylation sites (tertiary alicyclic amines) is 1. The molecule has 2 aromatic carbocycles. The molecular weight excluding hydrogens is 316 g/mol. The Morgan fingerprint density at radius 2 is 1.76 bits per heavy atom. The van der Waals surface area contributed by atoms with E-state index in [1.807, 2.05) is 42.5 Å². The molecule has 1 aliphatic rings. The first-order chi connectivity index (χ1) is 12.2. The fourth-order valence-corrected chi connectivity index (χ4v) is 3.70. The number of benzene rings is 2. The molecule has 2 heterocycles. The summed E-state index contributed by atoms with van der Waals surface area (Å²) >= 11 is 0. The van der Waals surface area contributed by atoms with Crippen LogP contribution < -0.4 is 0 Å². The van der Waals surface area contributed by atoms with Gasteiger partial charge >= 0.3 is 5.88 Å². The summed E-state index contributed by atoms with van der Waals surface area (Å²) in [4.78, 5) is 13.6. The summed E-state index contributed by atoms with van der Waals surface area (Å²) in [5.74, 6) is -0.174. The van der Waals surface area contributed by atoms with Gasteiger partial charge in [-0.2, -0.15) is 0 Å². The molecule has 0 N–H and O–H groups in total. The van der Waals surface area contributed by atoms with Gasteiger partial charge in [-0.15, -0.1) is 0 Å². The molecule has 0 atom stereocenters. The lowest BCUT2D eigenvalue weighted by molar-refractivity contribution is -0.400. The maximum atomic E-state index is 11.6. The van der Waals surface area contributed by atoms with Crippen molar-refractivity contribution in [2.75, 3.05) is 13.1 Å². The molecule has 0 spiro atoms. The number of fused-ring (bicyclic) bond motifs is 1. The van der Waals surface area contributed by atoms with Gasteiger partial charge in [-0.1, -0.05) is 48.9 Å². The second-order valence-corrected chi connectivity index (χ2v) is 6.53. The molecule has 0 saturated carbocycles. The zero-order chi connectivity index (χ0) is 17.2. The Morgan fingerprint density at radius 1 is 1.00 bits per heavy atom. The molecule has 4 rings (SSSR count). The van der Waals surface area contributed by atoms with Crippen molar-refractivity contribution < 1.29 is 9.34 Å². The summed E-state index contributed by atoms with van der Waals surface area (Å²) in [5.41, 5.74) is 3.09. The highest BCUT2D eigenvalue weighted by Gasteiger charge is 2.27. The highest BCUT2D eigenvalue weighted by Crippen LogP contribution is 2.41. The zero-order valence-electron chi connectivity index (χ0n) is 14.0. The predicted octanol–water partition coefficient (Wildman–Crippen LogP) is 4.99. The highest BCUT2D eigenvalue weighted by molar-refractivity contribution is 6.00. The van der Waals surface area contributed by atoms with Crippen LogP contribution in [0.15, 0.2) is 52.9 Å². The van der Waals surface area contributed by atoms with Crippen LogP contribution in [0.5, 0.6) is 0 Å². The minimum absolute atomic E-state index is 0.174. The van der Waals surface area contributed by atoms with Crippen molar-refractivity contribution in [1.29, 1.82) is 0 Å². The van der Waals surface area contributed by atoms with Crippen LogP contribution >= 0.6 is 0 Å². The Balaban J connectivity index is 1.88. The van der Waals surface area contributed by atoms with Crippen LogP contribution in [0, 0.1) is 10.1 Å². The lowest BCUT2D eigenvalue weighted by Crippen LogP contribution is -2.29. The first kappa shape index (κ1) is 15.8. The van der Waals surface area contributed by atoms with Crippen molar-refractivity contribution >= 4 is 16.9 Å². The fraction of sp³-hybridized carbons (Fsp3) is 0.300. The molecule has 0 unspecified atom stereocenters. The average molecular weight is 336 g/mol. The lowest BCUT2D eigenvalue weighted by atomic mass is 9.99. The quantitative estimate of drug-likeness (QED) is 0.497. The lowest BCUT2D eigenvalue weighted by Gasteiger charge is -2.26. The Kier molecular flexibility index (Phi) is 4.24. The van der Waals surface area contributed by atoms with Gasteiger partial charge in [0.05, 0.1) is 0 Å². The van der Waals surface area contributed by atoms with E-state index < -0.39 is 4.92 Å². The molecule has 0 amide bonds. The van der Waals surface area contributed by atoms with Gasteiger partial charge < -0.3 is 4.42 Å². The highest BCUT2D eigenvalue weighted by atomic mass is 16.6. The van der Waals surface area contributed by atoms with E-state index in [0.717, 1.165) is 36.1 Å². The van der Waals surface area contributed by atoms with Crippen molar-refractivity contribution in [2.45, 2.75) is 25.8 Å². The minimum Gasteiger partial charge on any atom is -0.400 e. The third kappa shape index (κ3) is 3.03. The van der Waals surface area contributed by atoms with Gasteiger partial charge in [-0.25, -0.2) is 0 Å². The molecule has 1 aromatic heterocycles. The molecular formula is C20H20N2O3. The maximum absolute atomic E-state index is 11.6. The first-order valence-corrected chi connectivity index (χ1v) is 8.70. The summed E-state index contributed by atoms with van der Waals surface area (Å²) < 4.78 is 5.63. The van der Waals surface area contributed by atoms with Crippen LogP contribution in [0.2, 0.25) is 0 Å². The second-order valence-electron chi connectivity index (χ2n) is 6.53. The molecule has 0 radical (unpaired) electrons. The molecule has 25 heavy (non-hydrogen) atoms. The number of piperidine rings is 1. The smallest absolute Gasteiger partial charge is 0.400 e. The summed E-state index contributed by atoms with van der Waals surface area (Å²) in [6.07, 6.45) is 3.72. The minimum atomic E-state index is -0.424. The zero-order valence-corrected chi connectivity index (χ0v) is 14.0. The summed E-state index contributed by atoms with van der Waals surface area (Å²) in [6.45, 7) is 2.96. The molecule has 1 aliphatic heterocycles. The van der Waals surface area contributed by atoms with E-state index in [4.69, 9.17) is 4.42 Å². The molecule has 5 nitrogen and oxygen atoms in total. The third-order valence-corrected chi connectivity index (χ3v) is 4.85. The molecule has 1 saturated heterocycles. The number of nitrogens with zero attached hydrogens (tertiary/aromatic N) is 2. The van der Waals surface area contributed by atoms with E-state index in [-0.39, 0.29) is 5.88 Å². The van der Waals surface area contributed by atoms with Crippen molar-refractivity contribution in [3.8, 4) is 11.1 Å². The fourth-order valence-electron chi connectivity index (χ4n) is 3.70. The van der Waals surface area contributed by atoms with Gasteiger partial charge in [0.1, 0.15) is 16.1 Å². The Morgan fingerprint density at radius 3 is 2.48 bits per heavy atom. The molecule has 3 aromatic rings. The Labute approximate surface area is 146 Å². The van der Waals surface area contributed by atoms with Crippen LogP contribution in [0.3, 0.4) is 0 Å². The SMILES string of the molecule is O=[N+]([O-])c1oc2cccc(CN3CCCCC3)c2c1-c1ccccc1. The summed E-state index contributed by atoms with van der Waals surface area (Å²) in [6, 6.07) is 15.3. The molecule has 128 valence electrons. The van der Waals surface area contributed by atoms with E-state index in [9.17, 15) is 10.1 Å². The van der Waals surface area contributed by atoms with E-state index in [0.29, 0.717) is 11.1 Å². The van der Waals surface area contributed by atoms with Crippen molar-refractivity contribution in [3.05, 3.63) is 64.2 Å². The van der Waals surface area contributed by atoms with Gasteiger partial charge in [0, 0.05) is 11.9 Å². The van der Waals surface area contributed by atoms with Crippen molar-refractivity contribution in [2.24, 2.45) is 0 Å². The predicted molar refractivity (Wildman–Crippen MR) is 97.4 cm³/mol. The summed E-state index contributed by atoms with van der Waals surface area (Å²) in [5, 5.41) is 12.4. The second kappa shape index (κ2) is 6.69. The van der Waals surface area contributed by atoms with E-state index in [1.54, 1.807) is 0 Å². The monoisotopic (exact) mass is 336 g/mol. The first-order valence-electron chi connectivity index (χ1n) is 8.70. The normalized spacial score (nSPS) is 15.5. The van der Waals surface area contributed by atoms with Gasteiger partial charge in [0.2, 0.25) is 0 Å². The molecule has 1 fully saturated rings. The Bertz CT molecular complexity index is 896. The van der Waals surface area contributed by atoms with Crippen LogP contribution in [-0.4, -0.2) is 22.9 Å². The van der Waals surface area contributed by atoms with Crippen LogP contribution in [-0.2, 0) is 6.54 Å². The van der Waals surface area contributed by atoms with Gasteiger partial charge in [-0.05, 0) is 43.1 Å². The molecule has 5 heteroatoms. The van der Waals surface area contributed by atoms with Crippen LogP contribution in [0.1, 0.15) is 24.8 Å². The number of hydrogen-bond donors (Lipinski definition) is 0. The molecule has 0 aliphatic carbocycles. The maximum Gasteiger partial charge on any atom is 0.442 e. The topological polar surface area (TPSA) is 59.5 Å². The Hall–Kier alpha value is -2.66. The third-order valence-electron chi connectivity index (χ3n) is 4.85.